The third-order valence-corrected chi connectivity index (χ3v) is 5.54. The molecule has 6 heteroatoms. The Bertz CT molecular complexity index is 604. The Morgan fingerprint density at radius 1 is 1.28 bits per heavy atom. The molecule has 1 N–H and O–H groups in total. The molecule has 0 bridgehead atoms. The van der Waals surface area contributed by atoms with Gasteiger partial charge in [-0.05, 0) is 23.6 Å². The third kappa shape index (κ3) is 4.37. The quantitative estimate of drug-likeness (QED) is 0.891. The van der Waals surface area contributed by atoms with E-state index in [0.717, 1.165) is 39.3 Å². The molecular weight excluding hydrogens is 321 g/mol. The van der Waals surface area contributed by atoms with Gasteiger partial charge in [0.2, 0.25) is 5.91 Å². The van der Waals surface area contributed by atoms with Crippen LogP contribution in [0.5, 0.6) is 0 Å². The van der Waals surface area contributed by atoms with Gasteiger partial charge in [0.1, 0.15) is 5.82 Å². The summed E-state index contributed by atoms with van der Waals surface area (Å²) in [6, 6.07) is 6.66. The molecule has 0 aromatic heterocycles. The van der Waals surface area contributed by atoms with Gasteiger partial charge in [0.25, 0.3) is 0 Å². The van der Waals surface area contributed by atoms with Crippen molar-refractivity contribution in [2.45, 2.75) is 26.0 Å². The average Bonchev–Trinajstić information content (AvgIpc) is 2.95. The maximum atomic E-state index is 13.3. The van der Waals surface area contributed by atoms with Crippen molar-refractivity contribution < 1.29 is 14.3 Å². The molecular formula is C19H28FN3O2. The molecule has 0 radical (unpaired) electrons. The molecule has 1 aromatic rings. The minimum atomic E-state index is -0.670. The summed E-state index contributed by atoms with van der Waals surface area (Å²) >= 11 is 0. The van der Waals surface area contributed by atoms with Gasteiger partial charge < -0.3 is 10.0 Å². The van der Waals surface area contributed by atoms with Gasteiger partial charge >= 0.3 is 0 Å². The number of rotatable bonds is 4. The minimum absolute atomic E-state index is 0.152. The topological polar surface area (TPSA) is 47.0 Å². The van der Waals surface area contributed by atoms with Crippen molar-refractivity contribution in [3.05, 3.63) is 35.6 Å². The van der Waals surface area contributed by atoms with Crippen LogP contribution in [0.2, 0.25) is 0 Å². The predicted molar refractivity (Wildman–Crippen MR) is 94.6 cm³/mol. The molecule has 138 valence electrons. The monoisotopic (exact) mass is 349 g/mol. The summed E-state index contributed by atoms with van der Waals surface area (Å²) in [5.41, 5.74) is 0.631. The van der Waals surface area contributed by atoms with E-state index in [4.69, 9.17) is 0 Å². The molecule has 0 spiro atoms. The average molecular weight is 349 g/mol. The number of halogens is 1. The van der Waals surface area contributed by atoms with E-state index in [9.17, 15) is 14.3 Å². The van der Waals surface area contributed by atoms with Gasteiger partial charge in [-0.1, -0.05) is 19.1 Å². The molecule has 3 atom stereocenters. The first-order valence-corrected chi connectivity index (χ1v) is 9.09. The van der Waals surface area contributed by atoms with Crippen LogP contribution in [0.15, 0.2) is 24.3 Å². The van der Waals surface area contributed by atoms with Crippen LogP contribution in [0.1, 0.15) is 25.5 Å². The molecule has 2 saturated heterocycles. The molecule has 0 unspecified atom stereocenters. The highest BCUT2D eigenvalue weighted by molar-refractivity contribution is 5.73. The Hall–Kier alpha value is -1.50. The lowest BCUT2D eigenvalue weighted by Gasteiger charge is -2.39. The van der Waals surface area contributed by atoms with E-state index in [0.29, 0.717) is 24.1 Å². The van der Waals surface area contributed by atoms with Crippen molar-refractivity contribution in [2.24, 2.45) is 5.92 Å². The highest BCUT2D eigenvalue weighted by Gasteiger charge is 2.36. The lowest BCUT2D eigenvalue weighted by molar-refractivity contribution is -0.130. The van der Waals surface area contributed by atoms with Gasteiger partial charge in [0.15, 0.2) is 0 Å². The number of nitrogens with zero attached hydrogens (tertiary/aromatic N) is 3. The number of piperazine rings is 1. The molecule has 1 amide bonds. The van der Waals surface area contributed by atoms with Gasteiger partial charge in [-0.15, -0.1) is 0 Å². The van der Waals surface area contributed by atoms with Gasteiger partial charge in [-0.3, -0.25) is 14.6 Å². The van der Waals surface area contributed by atoms with E-state index in [1.54, 1.807) is 19.1 Å². The first-order chi connectivity index (χ1) is 11.9. The summed E-state index contributed by atoms with van der Waals surface area (Å²) < 4.78 is 13.3. The number of amides is 1. The largest absolute Gasteiger partial charge is 0.387 e. The summed E-state index contributed by atoms with van der Waals surface area (Å²) in [5.74, 6) is 0.357. The zero-order chi connectivity index (χ0) is 18.0. The third-order valence-electron chi connectivity index (χ3n) is 5.54. The SMILES string of the molecule is CC(=O)N1CCN([C@@H]2CN(C[C@H](O)c3cccc(F)c3)C[C@@H]2C)CC1. The van der Waals surface area contributed by atoms with Crippen molar-refractivity contribution in [3.8, 4) is 0 Å². The summed E-state index contributed by atoms with van der Waals surface area (Å²) in [7, 11) is 0. The second kappa shape index (κ2) is 7.81. The number of likely N-dealkylation sites (tertiary alicyclic amines) is 1. The van der Waals surface area contributed by atoms with Crippen LogP contribution in [-0.4, -0.2) is 77.6 Å². The van der Waals surface area contributed by atoms with Gasteiger partial charge in [-0.2, -0.15) is 0 Å². The Morgan fingerprint density at radius 2 is 2.00 bits per heavy atom. The lowest BCUT2D eigenvalue weighted by atomic mass is 10.0. The number of hydrogen-bond donors (Lipinski definition) is 1. The van der Waals surface area contributed by atoms with Crippen molar-refractivity contribution in [2.75, 3.05) is 45.8 Å². The summed E-state index contributed by atoms with van der Waals surface area (Å²) in [6.45, 7) is 9.66. The van der Waals surface area contributed by atoms with Gasteiger partial charge in [-0.25, -0.2) is 4.39 Å². The molecule has 0 aliphatic carbocycles. The van der Waals surface area contributed by atoms with Crippen LogP contribution < -0.4 is 0 Å². The number of carbonyl (C=O) groups excluding carboxylic acids is 1. The van der Waals surface area contributed by atoms with Crippen molar-refractivity contribution in [3.63, 3.8) is 0 Å². The van der Waals surface area contributed by atoms with Crippen LogP contribution in [0.4, 0.5) is 4.39 Å². The van der Waals surface area contributed by atoms with Gasteiger partial charge in [0.05, 0.1) is 6.10 Å². The van der Waals surface area contributed by atoms with Crippen LogP contribution >= 0.6 is 0 Å². The van der Waals surface area contributed by atoms with Crippen LogP contribution in [0.3, 0.4) is 0 Å². The van der Waals surface area contributed by atoms with Crippen molar-refractivity contribution in [1.82, 2.24) is 14.7 Å². The molecule has 3 rings (SSSR count). The molecule has 25 heavy (non-hydrogen) atoms. The summed E-state index contributed by atoms with van der Waals surface area (Å²) in [4.78, 5) is 18.1. The minimum Gasteiger partial charge on any atom is -0.387 e. The Morgan fingerprint density at radius 3 is 2.64 bits per heavy atom. The summed E-state index contributed by atoms with van der Waals surface area (Å²) in [5, 5.41) is 10.4. The number of carbonyl (C=O) groups is 1. The highest BCUT2D eigenvalue weighted by atomic mass is 19.1. The number of β-amino-alcohol motifs (C(OH)–C–C–N with tert-alkyl or cyclic N) is 1. The first kappa shape index (κ1) is 18.3. The van der Waals surface area contributed by atoms with Crippen molar-refractivity contribution in [1.29, 1.82) is 0 Å². The fourth-order valence-corrected chi connectivity index (χ4v) is 4.10. The lowest BCUT2D eigenvalue weighted by Crippen LogP contribution is -2.53. The van der Waals surface area contributed by atoms with E-state index in [2.05, 4.69) is 16.7 Å². The maximum absolute atomic E-state index is 13.3. The molecule has 0 saturated carbocycles. The summed E-state index contributed by atoms with van der Waals surface area (Å²) in [6.07, 6.45) is -0.670. The number of aliphatic hydroxyl groups is 1. The second-order valence-corrected chi connectivity index (χ2v) is 7.38. The Kier molecular flexibility index (Phi) is 5.71. The second-order valence-electron chi connectivity index (χ2n) is 7.38. The predicted octanol–water partition coefficient (Wildman–Crippen LogP) is 1.34. The fourth-order valence-electron chi connectivity index (χ4n) is 4.10. The Balaban J connectivity index is 1.54. The number of benzene rings is 1. The number of hydrogen-bond acceptors (Lipinski definition) is 4. The van der Waals surface area contributed by atoms with Crippen molar-refractivity contribution >= 4 is 5.91 Å². The first-order valence-electron chi connectivity index (χ1n) is 9.09. The van der Waals surface area contributed by atoms with E-state index < -0.39 is 6.10 Å². The molecule has 5 nitrogen and oxygen atoms in total. The van der Waals surface area contributed by atoms with E-state index >= 15 is 0 Å². The maximum Gasteiger partial charge on any atom is 0.219 e. The molecule has 2 aliphatic heterocycles. The van der Waals surface area contributed by atoms with E-state index in [1.165, 1.54) is 12.1 Å². The van der Waals surface area contributed by atoms with Crippen LogP contribution in [0, 0.1) is 11.7 Å². The number of aliphatic hydroxyl groups excluding tert-OH is 1. The molecule has 1 aromatic carbocycles. The Labute approximate surface area is 149 Å². The molecule has 2 fully saturated rings. The molecule has 2 aliphatic rings. The smallest absolute Gasteiger partial charge is 0.219 e. The van der Waals surface area contributed by atoms with Gasteiger partial charge in [0, 0.05) is 58.8 Å². The standard InChI is InChI=1S/C19H28FN3O2/c1-14-11-21(13-19(25)16-4-3-5-17(20)10-16)12-18(14)23-8-6-22(7-9-23)15(2)24/h3-5,10,14,18-19,25H,6-9,11-13H2,1-2H3/t14-,18+,19-/m0/s1. The normalized spacial score (nSPS) is 26.8. The van der Waals surface area contributed by atoms with E-state index in [1.807, 2.05) is 4.90 Å². The van der Waals surface area contributed by atoms with E-state index in [-0.39, 0.29) is 11.7 Å². The zero-order valence-electron chi connectivity index (χ0n) is 15.1. The zero-order valence-corrected chi connectivity index (χ0v) is 15.1. The highest BCUT2D eigenvalue weighted by Crippen LogP contribution is 2.25. The fraction of sp³-hybridized carbons (Fsp3) is 0.632. The van der Waals surface area contributed by atoms with Crippen LogP contribution in [0.25, 0.3) is 0 Å². The van der Waals surface area contributed by atoms with Crippen LogP contribution in [-0.2, 0) is 4.79 Å². The molecule has 2 heterocycles.